The van der Waals surface area contributed by atoms with Crippen molar-refractivity contribution in [2.24, 2.45) is 0 Å². The van der Waals surface area contributed by atoms with Gasteiger partial charge in [-0.25, -0.2) is 4.79 Å². The summed E-state index contributed by atoms with van der Waals surface area (Å²) >= 11 is 0. The van der Waals surface area contributed by atoms with Crippen LogP contribution in [0.5, 0.6) is 0 Å². The molecule has 2 atom stereocenters. The molecule has 19 heavy (non-hydrogen) atoms. The summed E-state index contributed by atoms with van der Waals surface area (Å²) in [5.41, 5.74) is -0.519. The number of esters is 1. The van der Waals surface area contributed by atoms with Gasteiger partial charge < -0.3 is 20.1 Å². The quantitative estimate of drug-likeness (QED) is 0.717. The standard InChI is InChI=1S/C13H26N2O4/c1-7-10(11(16)18-6)14-8-9(2)15-12(17)19-13(3,4)5/h9-10,14H,7-8H2,1-6H3,(H,15,17). The second kappa shape index (κ2) is 7.99. The Balaban J connectivity index is 4.07. The monoisotopic (exact) mass is 274 g/mol. The molecule has 6 nitrogen and oxygen atoms in total. The molecule has 2 N–H and O–H groups in total. The summed E-state index contributed by atoms with van der Waals surface area (Å²) in [6.45, 7) is 9.61. The van der Waals surface area contributed by atoms with Crippen LogP contribution in [0.25, 0.3) is 0 Å². The molecule has 0 aromatic heterocycles. The highest BCUT2D eigenvalue weighted by molar-refractivity contribution is 5.75. The van der Waals surface area contributed by atoms with Crippen molar-refractivity contribution in [3.8, 4) is 0 Å². The van der Waals surface area contributed by atoms with Gasteiger partial charge >= 0.3 is 12.1 Å². The first-order valence-corrected chi connectivity index (χ1v) is 6.50. The molecular weight excluding hydrogens is 248 g/mol. The first kappa shape index (κ1) is 17.7. The Hall–Kier alpha value is -1.30. The number of rotatable bonds is 6. The Morgan fingerprint density at radius 3 is 2.26 bits per heavy atom. The molecule has 0 aliphatic heterocycles. The minimum absolute atomic E-state index is 0.145. The van der Waals surface area contributed by atoms with Crippen LogP contribution >= 0.6 is 0 Å². The second-order valence-corrected chi connectivity index (χ2v) is 5.44. The molecule has 0 rings (SSSR count). The predicted octanol–water partition coefficient (Wildman–Crippen LogP) is 1.44. The van der Waals surface area contributed by atoms with Gasteiger partial charge in [-0.2, -0.15) is 0 Å². The van der Waals surface area contributed by atoms with Crippen LogP contribution < -0.4 is 10.6 Å². The Morgan fingerprint density at radius 2 is 1.84 bits per heavy atom. The highest BCUT2D eigenvalue weighted by Crippen LogP contribution is 2.06. The number of hydrogen-bond acceptors (Lipinski definition) is 5. The van der Waals surface area contributed by atoms with Gasteiger partial charge in [-0.05, 0) is 34.1 Å². The summed E-state index contributed by atoms with van der Waals surface area (Å²) in [5.74, 6) is -0.299. The third kappa shape index (κ3) is 8.42. The van der Waals surface area contributed by atoms with Crippen LogP contribution in [0.15, 0.2) is 0 Å². The van der Waals surface area contributed by atoms with Gasteiger partial charge in [0, 0.05) is 12.6 Å². The second-order valence-electron chi connectivity index (χ2n) is 5.44. The molecule has 0 bridgehead atoms. The summed E-state index contributed by atoms with van der Waals surface area (Å²) in [5, 5.41) is 5.74. The average Bonchev–Trinajstić information content (AvgIpc) is 2.26. The molecule has 2 unspecified atom stereocenters. The van der Waals surface area contributed by atoms with Gasteiger partial charge in [0.2, 0.25) is 0 Å². The van der Waals surface area contributed by atoms with Crippen LogP contribution in [0.3, 0.4) is 0 Å². The number of carbonyl (C=O) groups is 2. The number of carbonyl (C=O) groups excluding carboxylic acids is 2. The molecule has 0 saturated heterocycles. The fraction of sp³-hybridized carbons (Fsp3) is 0.846. The molecule has 0 aromatic rings. The van der Waals surface area contributed by atoms with Crippen molar-refractivity contribution in [1.82, 2.24) is 10.6 Å². The summed E-state index contributed by atoms with van der Waals surface area (Å²) in [4.78, 5) is 22.9. The number of amides is 1. The topological polar surface area (TPSA) is 76.7 Å². The fourth-order valence-electron chi connectivity index (χ4n) is 1.42. The minimum Gasteiger partial charge on any atom is -0.468 e. The average molecular weight is 274 g/mol. The smallest absolute Gasteiger partial charge is 0.407 e. The van der Waals surface area contributed by atoms with Gasteiger partial charge in [-0.1, -0.05) is 6.92 Å². The Bertz CT molecular complexity index is 300. The number of ether oxygens (including phenoxy) is 2. The first-order chi connectivity index (χ1) is 8.69. The Kier molecular flexibility index (Phi) is 7.44. The van der Waals surface area contributed by atoms with Crippen LogP contribution in [-0.4, -0.2) is 43.4 Å². The molecule has 6 heteroatoms. The van der Waals surface area contributed by atoms with Crippen molar-refractivity contribution in [3.63, 3.8) is 0 Å². The van der Waals surface area contributed by atoms with Gasteiger partial charge in [0.25, 0.3) is 0 Å². The van der Waals surface area contributed by atoms with E-state index in [9.17, 15) is 9.59 Å². The van der Waals surface area contributed by atoms with Crippen molar-refractivity contribution in [2.45, 2.75) is 58.7 Å². The number of hydrogen-bond donors (Lipinski definition) is 2. The first-order valence-electron chi connectivity index (χ1n) is 6.50. The summed E-state index contributed by atoms with van der Waals surface area (Å²) in [7, 11) is 1.36. The maximum Gasteiger partial charge on any atom is 0.407 e. The van der Waals surface area contributed by atoms with Crippen molar-refractivity contribution in [3.05, 3.63) is 0 Å². The highest BCUT2D eigenvalue weighted by atomic mass is 16.6. The number of methoxy groups -OCH3 is 1. The third-order valence-electron chi connectivity index (χ3n) is 2.33. The van der Waals surface area contributed by atoms with E-state index < -0.39 is 11.7 Å². The van der Waals surface area contributed by atoms with Gasteiger partial charge in [0.15, 0.2) is 0 Å². The van der Waals surface area contributed by atoms with Gasteiger partial charge in [0.1, 0.15) is 11.6 Å². The number of nitrogens with one attached hydrogen (secondary N) is 2. The lowest BCUT2D eigenvalue weighted by molar-refractivity contribution is -0.143. The third-order valence-corrected chi connectivity index (χ3v) is 2.33. The SMILES string of the molecule is CCC(NCC(C)NC(=O)OC(C)(C)C)C(=O)OC. The maximum atomic E-state index is 11.5. The number of alkyl carbamates (subject to hydrolysis) is 1. The maximum absolute atomic E-state index is 11.5. The fourth-order valence-corrected chi connectivity index (χ4v) is 1.42. The largest absolute Gasteiger partial charge is 0.468 e. The van der Waals surface area contributed by atoms with E-state index in [0.717, 1.165) is 0 Å². The lowest BCUT2D eigenvalue weighted by Gasteiger charge is -2.23. The lowest BCUT2D eigenvalue weighted by Crippen LogP contribution is -2.47. The van der Waals surface area contributed by atoms with Gasteiger partial charge in [-0.3, -0.25) is 4.79 Å². The zero-order valence-corrected chi connectivity index (χ0v) is 12.7. The molecule has 0 saturated carbocycles. The lowest BCUT2D eigenvalue weighted by atomic mass is 10.2. The van der Waals surface area contributed by atoms with E-state index in [2.05, 4.69) is 15.4 Å². The van der Waals surface area contributed by atoms with Crippen LogP contribution in [0.1, 0.15) is 41.0 Å². The van der Waals surface area contributed by atoms with Crippen molar-refractivity contribution >= 4 is 12.1 Å². The molecule has 0 radical (unpaired) electrons. The van der Waals surface area contributed by atoms with E-state index in [0.29, 0.717) is 13.0 Å². The molecule has 0 fully saturated rings. The predicted molar refractivity (Wildman–Crippen MR) is 72.9 cm³/mol. The summed E-state index contributed by atoms with van der Waals surface area (Å²) < 4.78 is 9.81. The summed E-state index contributed by atoms with van der Waals surface area (Å²) in [6.07, 6.45) is 0.166. The Morgan fingerprint density at radius 1 is 1.26 bits per heavy atom. The normalized spacial score (nSPS) is 14.4. The van der Waals surface area contributed by atoms with E-state index in [1.807, 2.05) is 13.8 Å². The molecule has 0 spiro atoms. The molecule has 0 aliphatic carbocycles. The van der Waals surface area contributed by atoms with E-state index >= 15 is 0 Å². The van der Waals surface area contributed by atoms with Crippen LogP contribution in [0, 0.1) is 0 Å². The van der Waals surface area contributed by atoms with Crippen LogP contribution in [0.4, 0.5) is 4.79 Å². The van der Waals surface area contributed by atoms with E-state index in [1.165, 1.54) is 7.11 Å². The van der Waals surface area contributed by atoms with Gasteiger partial charge in [0.05, 0.1) is 7.11 Å². The molecule has 0 aliphatic rings. The van der Waals surface area contributed by atoms with Gasteiger partial charge in [-0.15, -0.1) is 0 Å². The van der Waals surface area contributed by atoms with Crippen molar-refractivity contribution in [2.75, 3.05) is 13.7 Å². The molecule has 112 valence electrons. The molecule has 1 amide bonds. The highest BCUT2D eigenvalue weighted by Gasteiger charge is 2.20. The zero-order valence-electron chi connectivity index (χ0n) is 12.7. The Labute approximate surface area is 115 Å². The van der Waals surface area contributed by atoms with Crippen LogP contribution in [0.2, 0.25) is 0 Å². The molecule has 0 aromatic carbocycles. The van der Waals surface area contributed by atoms with E-state index in [1.54, 1.807) is 20.8 Å². The van der Waals surface area contributed by atoms with E-state index in [4.69, 9.17) is 4.74 Å². The van der Waals surface area contributed by atoms with Crippen molar-refractivity contribution < 1.29 is 19.1 Å². The molecular formula is C13H26N2O4. The minimum atomic E-state index is -0.519. The van der Waals surface area contributed by atoms with Crippen LogP contribution in [-0.2, 0) is 14.3 Å². The van der Waals surface area contributed by atoms with Crippen molar-refractivity contribution in [1.29, 1.82) is 0 Å². The molecule has 0 heterocycles. The van der Waals surface area contributed by atoms with E-state index in [-0.39, 0.29) is 18.1 Å². The summed E-state index contributed by atoms with van der Waals surface area (Å²) in [6, 6.07) is -0.499. The zero-order chi connectivity index (χ0) is 15.1.